The van der Waals surface area contributed by atoms with Crippen LogP contribution in [0, 0.1) is 0 Å². The minimum absolute atomic E-state index is 0.0148. The monoisotopic (exact) mass is 360 g/mol. The highest BCUT2D eigenvalue weighted by Gasteiger charge is 2.20. The molecule has 2 aromatic rings. The van der Waals surface area contributed by atoms with Crippen LogP contribution in [0.2, 0.25) is 5.02 Å². The number of benzene rings is 2. The molecule has 0 aliphatic heterocycles. The molecular formula is C20H25ClN2O2. The number of amides is 1. The van der Waals surface area contributed by atoms with Crippen LogP contribution in [-0.2, 0) is 4.79 Å². The van der Waals surface area contributed by atoms with E-state index < -0.39 is 0 Å². The van der Waals surface area contributed by atoms with Crippen LogP contribution in [0.15, 0.2) is 48.5 Å². The maximum atomic E-state index is 12.5. The predicted molar refractivity (Wildman–Crippen MR) is 102 cm³/mol. The van der Waals surface area contributed by atoms with Gasteiger partial charge in [-0.05, 0) is 44.5 Å². The number of hydrogen-bond acceptors (Lipinski definition) is 3. The number of rotatable bonds is 7. The number of halogens is 1. The molecule has 0 saturated carbocycles. The fraction of sp³-hybridized carbons (Fsp3) is 0.350. The third kappa shape index (κ3) is 5.21. The van der Waals surface area contributed by atoms with Crippen molar-refractivity contribution in [1.82, 2.24) is 10.6 Å². The predicted octanol–water partition coefficient (Wildman–Crippen LogP) is 4.27. The molecule has 25 heavy (non-hydrogen) atoms. The highest BCUT2D eigenvalue weighted by molar-refractivity contribution is 6.30. The SMILES string of the molecule is COc1ccccc1C(C)NC(=O)C(C)NC(C)c1cccc(Cl)c1. The molecule has 2 aromatic carbocycles. The fourth-order valence-corrected chi connectivity index (χ4v) is 2.96. The summed E-state index contributed by atoms with van der Waals surface area (Å²) in [6.07, 6.45) is 0. The zero-order valence-electron chi connectivity index (χ0n) is 15.0. The quantitative estimate of drug-likeness (QED) is 0.775. The molecule has 3 unspecified atom stereocenters. The van der Waals surface area contributed by atoms with Crippen LogP contribution in [0.5, 0.6) is 5.75 Å². The van der Waals surface area contributed by atoms with Crippen molar-refractivity contribution in [3.63, 3.8) is 0 Å². The second-order valence-corrected chi connectivity index (χ2v) is 6.57. The summed E-state index contributed by atoms with van der Waals surface area (Å²) in [6.45, 7) is 5.81. The Morgan fingerprint density at radius 3 is 2.44 bits per heavy atom. The number of ether oxygens (including phenoxy) is 1. The highest BCUT2D eigenvalue weighted by atomic mass is 35.5. The van der Waals surface area contributed by atoms with Crippen molar-refractivity contribution < 1.29 is 9.53 Å². The Bertz CT molecular complexity index is 720. The number of carbonyl (C=O) groups is 1. The molecule has 2 rings (SSSR count). The van der Waals surface area contributed by atoms with Gasteiger partial charge in [0.2, 0.25) is 5.91 Å². The highest BCUT2D eigenvalue weighted by Crippen LogP contribution is 2.24. The molecule has 0 fully saturated rings. The van der Waals surface area contributed by atoms with Gasteiger partial charge in [0.05, 0.1) is 19.2 Å². The first-order valence-electron chi connectivity index (χ1n) is 8.37. The van der Waals surface area contributed by atoms with Gasteiger partial charge in [-0.3, -0.25) is 10.1 Å². The summed E-state index contributed by atoms with van der Waals surface area (Å²) in [4.78, 5) is 12.5. The molecule has 5 heteroatoms. The van der Waals surface area contributed by atoms with Crippen molar-refractivity contribution in [2.24, 2.45) is 0 Å². The maximum absolute atomic E-state index is 12.5. The van der Waals surface area contributed by atoms with E-state index in [1.54, 1.807) is 7.11 Å². The van der Waals surface area contributed by atoms with E-state index in [1.165, 1.54) is 0 Å². The third-order valence-corrected chi connectivity index (χ3v) is 4.44. The van der Waals surface area contributed by atoms with Gasteiger partial charge < -0.3 is 10.1 Å². The van der Waals surface area contributed by atoms with Crippen LogP contribution in [0.3, 0.4) is 0 Å². The Kier molecular flexibility index (Phi) is 6.85. The molecule has 0 radical (unpaired) electrons. The van der Waals surface area contributed by atoms with Gasteiger partial charge in [-0.1, -0.05) is 41.9 Å². The zero-order valence-corrected chi connectivity index (χ0v) is 15.8. The standard InChI is InChI=1S/C20H25ClN2O2/c1-13(16-8-7-9-17(21)12-16)22-15(3)20(24)23-14(2)18-10-5-6-11-19(18)25-4/h5-15,22H,1-4H3,(H,23,24). The average Bonchev–Trinajstić information content (AvgIpc) is 2.61. The van der Waals surface area contributed by atoms with Gasteiger partial charge in [-0.2, -0.15) is 0 Å². The van der Waals surface area contributed by atoms with Crippen molar-refractivity contribution in [2.75, 3.05) is 7.11 Å². The number of para-hydroxylation sites is 1. The summed E-state index contributed by atoms with van der Waals surface area (Å²) < 4.78 is 5.36. The van der Waals surface area contributed by atoms with Gasteiger partial charge in [0, 0.05) is 16.6 Å². The zero-order chi connectivity index (χ0) is 18.4. The van der Waals surface area contributed by atoms with Crippen molar-refractivity contribution in [3.8, 4) is 5.75 Å². The molecule has 0 bridgehead atoms. The molecule has 0 spiro atoms. The average molecular weight is 361 g/mol. The van der Waals surface area contributed by atoms with Crippen molar-refractivity contribution >= 4 is 17.5 Å². The molecule has 1 amide bonds. The Labute approximate surface area is 154 Å². The maximum Gasteiger partial charge on any atom is 0.237 e. The molecule has 0 aromatic heterocycles. The van der Waals surface area contributed by atoms with Gasteiger partial charge >= 0.3 is 0 Å². The molecule has 2 N–H and O–H groups in total. The Morgan fingerprint density at radius 2 is 1.76 bits per heavy atom. The lowest BCUT2D eigenvalue weighted by Crippen LogP contribution is -2.43. The third-order valence-electron chi connectivity index (χ3n) is 4.21. The number of carbonyl (C=O) groups excluding carboxylic acids is 1. The van der Waals surface area contributed by atoms with Crippen LogP contribution < -0.4 is 15.4 Å². The largest absolute Gasteiger partial charge is 0.496 e. The Morgan fingerprint density at radius 1 is 1.04 bits per heavy atom. The van der Waals surface area contributed by atoms with E-state index >= 15 is 0 Å². The normalized spacial score (nSPS) is 14.4. The topological polar surface area (TPSA) is 50.4 Å². The molecule has 0 saturated heterocycles. The summed E-state index contributed by atoms with van der Waals surface area (Å²) in [5.74, 6) is 0.704. The molecule has 0 heterocycles. The smallest absolute Gasteiger partial charge is 0.237 e. The molecule has 134 valence electrons. The summed E-state index contributed by atoms with van der Waals surface area (Å²) >= 11 is 6.03. The molecular weight excluding hydrogens is 336 g/mol. The summed E-state index contributed by atoms with van der Waals surface area (Å²) in [6, 6.07) is 14.9. The number of methoxy groups -OCH3 is 1. The van der Waals surface area contributed by atoms with Crippen molar-refractivity contribution in [1.29, 1.82) is 0 Å². The number of nitrogens with one attached hydrogen (secondary N) is 2. The molecule has 0 aliphatic rings. The Hall–Kier alpha value is -2.04. The second-order valence-electron chi connectivity index (χ2n) is 6.14. The van der Waals surface area contributed by atoms with Crippen LogP contribution >= 0.6 is 11.6 Å². The lowest BCUT2D eigenvalue weighted by molar-refractivity contribution is -0.123. The molecule has 3 atom stereocenters. The lowest BCUT2D eigenvalue weighted by atomic mass is 10.1. The summed E-state index contributed by atoms with van der Waals surface area (Å²) in [5, 5.41) is 7.03. The second kappa shape index (κ2) is 8.88. The first-order chi connectivity index (χ1) is 11.9. The summed E-state index contributed by atoms with van der Waals surface area (Å²) in [5.41, 5.74) is 2.00. The van der Waals surface area contributed by atoms with E-state index in [4.69, 9.17) is 16.3 Å². The van der Waals surface area contributed by atoms with Crippen LogP contribution in [0.1, 0.15) is 44.0 Å². The van der Waals surface area contributed by atoms with Gasteiger partial charge in [0.25, 0.3) is 0 Å². The lowest BCUT2D eigenvalue weighted by Gasteiger charge is -2.23. The van der Waals surface area contributed by atoms with Crippen LogP contribution in [0.25, 0.3) is 0 Å². The van der Waals surface area contributed by atoms with E-state index in [2.05, 4.69) is 10.6 Å². The van der Waals surface area contributed by atoms with Crippen LogP contribution in [0.4, 0.5) is 0 Å². The van der Waals surface area contributed by atoms with Gasteiger partial charge in [0.15, 0.2) is 0 Å². The molecule has 0 aliphatic carbocycles. The number of hydrogen-bond donors (Lipinski definition) is 2. The van der Waals surface area contributed by atoms with Crippen molar-refractivity contribution in [3.05, 3.63) is 64.7 Å². The van der Waals surface area contributed by atoms with Crippen LogP contribution in [-0.4, -0.2) is 19.1 Å². The minimum Gasteiger partial charge on any atom is -0.496 e. The van der Waals surface area contributed by atoms with E-state index in [-0.39, 0.29) is 24.0 Å². The Balaban J connectivity index is 1.97. The molecule has 4 nitrogen and oxygen atoms in total. The van der Waals surface area contributed by atoms with Gasteiger partial charge in [-0.25, -0.2) is 0 Å². The van der Waals surface area contributed by atoms with E-state index in [0.29, 0.717) is 5.02 Å². The first kappa shape index (κ1) is 19.3. The van der Waals surface area contributed by atoms with E-state index in [0.717, 1.165) is 16.9 Å². The van der Waals surface area contributed by atoms with E-state index in [9.17, 15) is 4.79 Å². The first-order valence-corrected chi connectivity index (χ1v) is 8.75. The summed E-state index contributed by atoms with van der Waals surface area (Å²) in [7, 11) is 1.63. The fourth-order valence-electron chi connectivity index (χ4n) is 2.76. The van der Waals surface area contributed by atoms with Gasteiger partial charge in [0.1, 0.15) is 5.75 Å². The minimum atomic E-state index is -0.342. The van der Waals surface area contributed by atoms with E-state index in [1.807, 2.05) is 69.3 Å². The van der Waals surface area contributed by atoms with Crippen molar-refractivity contribution in [2.45, 2.75) is 38.9 Å². The van der Waals surface area contributed by atoms with Gasteiger partial charge in [-0.15, -0.1) is 0 Å².